The molecule has 0 amide bonds. The molecule has 4 aliphatic carbocycles. The second-order valence-electron chi connectivity index (χ2n) is 8.52. The van der Waals surface area contributed by atoms with Gasteiger partial charge in [0, 0.05) is 23.7 Å². The molecule has 0 aliphatic heterocycles. The smallest absolute Gasteiger partial charge is 0.155 e. The molecule has 3 heteroatoms. The number of hydrogen-bond acceptors (Lipinski definition) is 3. The SMILES string of the molecule is CS/C=C\C[C@]12CCC(=O)C=C1CC[C@@H]1C2=CC[C@]2(C)C(=O)CC[C@@H]12. The van der Waals surface area contributed by atoms with Crippen LogP contribution in [0.4, 0.5) is 0 Å². The number of fused-ring (bicyclic) bond motifs is 5. The predicted molar refractivity (Wildman–Crippen MR) is 103 cm³/mol. The third-order valence-electron chi connectivity index (χ3n) is 7.49. The van der Waals surface area contributed by atoms with Crippen LogP contribution in [0.15, 0.2) is 34.8 Å². The summed E-state index contributed by atoms with van der Waals surface area (Å²) in [4.78, 5) is 24.6. The summed E-state index contributed by atoms with van der Waals surface area (Å²) in [6, 6.07) is 0. The minimum absolute atomic E-state index is 0.0516. The van der Waals surface area contributed by atoms with Crippen molar-refractivity contribution in [1.29, 1.82) is 0 Å². The highest BCUT2D eigenvalue weighted by atomic mass is 32.2. The number of allylic oxidation sites excluding steroid dienone is 5. The van der Waals surface area contributed by atoms with E-state index in [1.165, 1.54) is 5.57 Å². The van der Waals surface area contributed by atoms with Gasteiger partial charge in [-0.05, 0) is 68.1 Å². The molecule has 0 heterocycles. The van der Waals surface area contributed by atoms with E-state index in [9.17, 15) is 9.59 Å². The van der Waals surface area contributed by atoms with Crippen molar-refractivity contribution in [3.8, 4) is 0 Å². The summed E-state index contributed by atoms with van der Waals surface area (Å²) in [5, 5.41) is 2.18. The van der Waals surface area contributed by atoms with Crippen LogP contribution in [0.3, 0.4) is 0 Å². The Labute approximate surface area is 155 Å². The first-order chi connectivity index (χ1) is 12.0. The Kier molecular flexibility index (Phi) is 4.34. The molecule has 0 spiro atoms. The van der Waals surface area contributed by atoms with Crippen LogP contribution in [0.5, 0.6) is 0 Å². The van der Waals surface area contributed by atoms with Gasteiger partial charge >= 0.3 is 0 Å². The highest BCUT2D eigenvalue weighted by molar-refractivity contribution is 8.01. The van der Waals surface area contributed by atoms with E-state index >= 15 is 0 Å². The number of ketones is 2. The monoisotopic (exact) mass is 356 g/mol. The molecule has 2 nitrogen and oxygen atoms in total. The molecule has 2 fully saturated rings. The molecule has 0 bridgehead atoms. The van der Waals surface area contributed by atoms with Crippen LogP contribution in [-0.4, -0.2) is 17.8 Å². The van der Waals surface area contributed by atoms with Gasteiger partial charge in [-0.25, -0.2) is 0 Å². The van der Waals surface area contributed by atoms with Gasteiger partial charge in [-0.15, -0.1) is 11.8 Å². The van der Waals surface area contributed by atoms with E-state index in [1.54, 1.807) is 17.3 Å². The normalized spacial score (nSPS) is 40.4. The first kappa shape index (κ1) is 17.3. The molecular formula is C22H28O2S. The van der Waals surface area contributed by atoms with Crippen molar-refractivity contribution in [2.75, 3.05) is 6.26 Å². The summed E-state index contributed by atoms with van der Waals surface area (Å²) in [6.07, 6.45) is 16.3. The minimum atomic E-state index is -0.129. The van der Waals surface area contributed by atoms with Crippen LogP contribution in [0.25, 0.3) is 0 Å². The zero-order valence-corrected chi connectivity index (χ0v) is 16.2. The van der Waals surface area contributed by atoms with E-state index in [0.29, 0.717) is 29.8 Å². The van der Waals surface area contributed by atoms with Gasteiger partial charge in [0.05, 0.1) is 0 Å². The van der Waals surface area contributed by atoms with Crippen molar-refractivity contribution < 1.29 is 9.59 Å². The molecule has 2 saturated carbocycles. The molecule has 0 aromatic carbocycles. The Morgan fingerprint density at radius 3 is 2.88 bits per heavy atom. The third-order valence-corrected chi connectivity index (χ3v) is 7.96. The zero-order chi connectivity index (χ0) is 17.7. The van der Waals surface area contributed by atoms with Gasteiger partial charge in [0.25, 0.3) is 0 Å². The summed E-state index contributed by atoms with van der Waals surface area (Å²) in [6.45, 7) is 2.20. The molecule has 25 heavy (non-hydrogen) atoms. The fraction of sp³-hybridized carbons (Fsp3) is 0.636. The van der Waals surface area contributed by atoms with Gasteiger partial charge in [0.15, 0.2) is 5.78 Å². The van der Waals surface area contributed by atoms with Gasteiger partial charge in [-0.1, -0.05) is 30.2 Å². The topological polar surface area (TPSA) is 34.1 Å². The average Bonchev–Trinajstić information content (AvgIpc) is 2.91. The Morgan fingerprint density at radius 2 is 2.08 bits per heavy atom. The minimum Gasteiger partial charge on any atom is -0.299 e. The zero-order valence-electron chi connectivity index (χ0n) is 15.3. The highest BCUT2D eigenvalue weighted by Crippen LogP contribution is 2.63. The third kappa shape index (κ3) is 2.53. The van der Waals surface area contributed by atoms with Gasteiger partial charge in [-0.2, -0.15) is 0 Å². The van der Waals surface area contributed by atoms with Crippen LogP contribution in [0.1, 0.15) is 58.3 Å². The Balaban J connectivity index is 1.77. The summed E-state index contributed by atoms with van der Waals surface area (Å²) in [5.74, 6) is 1.83. The maximum Gasteiger partial charge on any atom is 0.155 e. The lowest BCUT2D eigenvalue weighted by molar-refractivity contribution is -0.127. The van der Waals surface area contributed by atoms with Gasteiger partial charge in [0.2, 0.25) is 0 Å². The molecule has 0 N–H and O–H groups in total. The lowest BCUT2D eigenvalue weighted by Gasteiger charge is -2.53. The molecule has 4 rings (SSSR count). The van der Waals surface area contributed by atoms with E-state index in [-0.39, 0.29) is 10.8 Å². The molecule has 134 valence electrons. The van der Waals surface area contributed by atoms with Gasteiger partial charge < -0.3 is 0 Å². The highest BCUT2D eigenvalue weighted by Gasteiger charge is 2.56. The molecule has 0 saturated heterocycles. The van der Waals surface area contributed by atoms with Crippen molar-refractivity contribution in [2.24, 2.45) is 22.7 Å². The summed E-state index contributed by atoms with van der Waals surface area (Å²) in [5.41, 5.74) is 2.86. The first-order valence-electron chi connectivity index (χ1n) is 9.67. The molecule has 0 aromatic rings. The number of carbonyl (C=O) groups excluding carboxylic acids is 2. The molecule has 0 unspecified atom stereocenters. The Hall–Kier alpha value is -1.09. The van der Waals surface area contributed by atoms with Crippen molar-refractivity contribution in [1.82, 2.24) is 0 Å². The van der Waals surface area contributed by atoms with Crippen molar-refractivity contribution in [3.63, 3.8) is 0 Å². The maximum absolute atomic E-state index is 12.5. The molecule has 4 aliphatic rings. The predicted octanol–water partition coefficient (Wildman–Crippen LogP) is 5.25. The van der Waals surface area contributed by atoms with E-state index < -0.39 is 0 Å². The van der Waals surface area contributed by atoms with Gasteiger partial charge in [-0.3, -0.25) is 9.59 Å². The fourth-order valence-electron chi connectivity index (χ4n) is 6.16. The summed E-state index contributed by atoms with van der Waals surface area (Å²) >= 11 is 1.74. The number of Topliss-reactive ketones (excluding diaryl/α,β-unsaturated/α-hetero) is 1. The fourth-order valence-corrected chi connectivity index (χ4v) is 6.44. The van der Waals surface area contributed by atoms with Crippen molar-refractivity contribution >= 4 is 23.3 Å². The first-order valence-corrected chi connectivity index (χ1v) is 11.0. The van der Waals surface area contributed by atoms with Crippen LogP contribution >= 0.6 is 11.8 Å². The van der Waals surface area contributed by atoms with Crippen molar-refractivity contribution in [2.45, 2.75) is 58.3 Å². The van der Waals surface area contributed by atoms with Gasteiger partial charge in [0.1, 0.15) is 5.78 Å². The Bertz CT molecular complexity index is 701. The molecule has 4 atom stereocenters. The quantitative estimate of drug-likeness (QED) is 0.647. The molecule has 0 aromatic heterocycles. The van der Waals surface area contributed by atoms with Crippen LogP contribution in [-0.2, 0) is 9.59 Å². The molecule has 0 radical (unpaired) electrons. The number of hydrogen-bond donors (Lipinski definition) is 0. The summed E-state index contributed by atoms with van der Waals surface area (Å²) in [7, 11) is 0. The second-order valence-corrected chi connectivity index (χ2v) is 9.27. The van der Waals surface area contributed by atoms with Crippen LogP contribution < -0.4 is 0 Å². The van der Waals surface area contributed by atoms with E-state index in [2.05, 4.69) is 30.7 Å². The number of rotatable bonds is 3. The lowest BCUT2D eigenvalue weighted by Crippen LogP contribution is -2.45. The summed E-state index contributed by atoms with van der Waals surface area (Å²) < 4.78 is 0. The lowest BCUT2D eigenvalue weighted by atomic mass is 9.50. The van der Waals surface area contributed by atoms with Crippen LogP contribution in [0.2, 0.25) is 0 Å². The average molecular weight is 357 g/mol. The molecular weight excluding hydrogens is 328 g/mol. The maximum atomic E-state index is 12.5. The van der Waals surface area contributed by atoms with E-state index in [4.69, 9.17) is 0 Å². The van der Waals surface area contributed by atoms with Crippen LogP contribution in [0, 0.1) is 22.7 Å². The largest absolute Gasteiger partial charge is 0.299 e. The van der Waals surface area contributed by atoms with E-state index in [1.807, 2.05) is 6.08 Å². The van der Waals surface area contributed by atoms with Crippen molar-refractivity contribution in [3.05, 3.63) is 34.8 Å². The number of carbonyl (C=O) groups is 2. The number of thioether (sulfide) groups is 1. The Morgan fingerprint density at radius 1 is 1.24 bits per heavy atom. The second kappa shape index (κ2) is 6.26. The van der Waals surface area contributed by atoms with E-state index in [0.717, 1.165) is 44.9 Å². The standard InChI is InChI=1S/C22H28O2S/c1-21-11-9-19-17(18(21)6-7-20(21)24)5-4-15-14-16(23)8-12-22(15,19)10-3-13-25-2/h3,9,13-14,17-18H,4-8,10-12H2,1-2H3/b13-3-/t17-,18-,21-,22-/m0/s1.